The first-order chi connectivity index (χ1) is 6.06. The number of hydrogen-bond acceptors (Lipinski definition) is 2. The molecule has 0 saturated carbocycles. The lowest BCUT2D eigenvalue weighted by molar-refractivity contribution is 0.737. The van der Waals surface area contributed by atoms with Gasteiger partial charge in [0, 0.05) is 17.6 Å². The van der Waals surface area contributed by atoms with Crippen LogP contribution in [0.3, 0.4) is 0 Å². The third kappa shape index (κ3) is 2.48. The first-order valence-corrected chi connectivity index (χ1v) is 4.79. The Labute approximate surface area is 91.8 Å². The largest absolute Gasteiger partial charge is 0.329 e. The molecular weight excluding hydrogens is 230 g/mol. The standard InChI is InChI=1S/C8H9Cl3N2/c9-4-1-5(7(13)3-12)8(11)6(10)2-4/h1-2,7H,3,12-13H2. The third-order valence-corrected chi connectivity index (χ3v) is 2.71. The zero-order chi connectivity index (χ0) is 10.0. The molecule has 0 radical (unpaired) electrons. The maximum Gasteiger partial charge on any atom is 0.0641 e. The van der Waals surface area contributed by atoms with Crippen LogP contribution in [0.1, 0.15) is 11.6 Å². The van der Waals surface area contributed by atoms with Crippen molar-refractivity contribution in [3.05, 3.63) is 32.8 Å². The molecule has 0 aliphatic heterocycles. The molecule has 0 saturated heterocycles. The molecule has 0 heterocycles. The van der Waals surface area contributed by atoms with E-state index in [-0.39, 0.29) is 6.04 Å². The van der Waals surface area contributed by atoms with Gasteiger partial charge in [0.15, 0.2) is 0 Å². The number of nitrogens with two attached hydrogens (primary N) is 2. The fourth-order valence-electron chi connectivity index (χ4n) is 0.973. The van der Waals surface area contributed by atoms with Gasteiger partial charge >= 0.3 is 0 Å². The lowest BCUT2D eigenvalue weighted by atomic mass is 10.1. The molecule has 0 aromatic heterocycles. The quantitative estimate of drug-likeness (QED) is 0.780. The van der Waals surface area contributed by atoms with Crippen LogP contribution in [0.5, 0.6) is 0 Å². The molecule has 1 atom stereocenters. The van der Waals surface area contributed by atoms with E-state index >= 15 is 0 Å². The van der Waals surface area contributed by atoms with Crippen LogP contribution in [0.25, 0.3) is 0 Å². The molecule has 13 heavy (non-hydrogen) atoms. The summed E-state index contributed by atoms with van der Waals surface area (Å²) in [5.41, 5.74) is 11.8. The summed E-state index contributed by atoms with van der Waals surface area (Å²) in [6, 6.07) is 2.91. The predicted octanol–water partition coefficient (Wildman–Crippen LogP) is 2.61. The molecule has 1 rings (SSSR count). The van der Waals surface area contributed by atoms with Crippen LogP contribution in [0.15, 0.2) is 12.1 Å². The molecule has 0 spiro atoms. The third-order valence-electron chi connectivity index (χ3n) is 1.67. The lowest BCUT2D eigenvalue weighted by Gasteiger charge is -2.12. The zero-order valence-electron chi connectivity index (χ0n) is 6.73. The van der Waals surface area contributed by atoms with Crippen molar-refractivity contribution in [2.24, 2.45) is 11.5 Å². The maximum atomic E-state index is 5.91. The topological polar surface area (TPSA) is 52.0 Å². The highest BCUT2D eigenvalue weighted by Gasteiger charge is 2.12. The van der Waals surface area contributed by atoms with Crippen molar-refractivity contribution in [2.45, 2.75) is 6.04 Å². The zero-order valence-corrected chi connectivity index (χ0v) is 9.00. The smallest absolute Gasteiger partial charge is 0.0641 e. The van der Waals surface area contributed by atoms with E-state index in [9.17, 15) is 0 Å². The second-order valence-electron chi connectivity index (χ2n) is 2.63. The SMILES string of the molecule is NCC(N)c1cc(Cl)cc(Cl)c1Cl. The Kier molecular flexibility index (Phi) is 3.83. The van der Waals surface area contributed by atoms with Gasteiger partial charge in [-0.05, 0) is 17.7 Å². The first-order valence-electron chi connectivity index (χ1n) is 3.66. The monoisotopic (exact) mass is 238 g/mol. The summed E-state index contributed by atoms with van der Waals surface area (Å²) >= 11 is 17.5. The molecule has 5 heteroatoms. The van der Waals surface area contributed by atoms with Crippen molar-refractivity contribution in [3.63, 3.8) is 0 Å². The summed E-state index contributed by atoms with van der Waals surface area (Å²) < 4.78 is 0. The van der Waals surface area contributed by atoms with Crippen molar-refractivity contribution < 1.29 is 0 Å². The Balaban J connectivity index is 3.20. The van der Waals surface area contributed by atoms with Crippen molar-refractivity contribution >= 4 is 34.8 Å². The Hall–Kier alpha value is 0.01000. The lowest BCUT2D eigenvalue weighted by Crippen LogP contribution is -2.21. The van der Waals surface area contributed by atoms with Gasteiger partial charge in [-0.3, -0.25) is 0 Å². The molecule has 0 bridgehead atoms. The predicted molar refractivity (Wildman–Crippen MR) is 57.5 cm³/mol. The first kappa shape index (κ1) is 11.1. The van der Waals surface area contributed by atoms with Crippen LogP contribution >= 0.6 is 34.8 Å². The van der Waals surface area contributed by atoms with Gasteiger partial charge in [-0.1, -0.05) is 34.8 Å². The number of benzene rings is 1. The van der Waals surface area contributed by atoms with Crippen LogP contribution < -0.4 is 11.5 Å². The van der Waals surface area contributed by atoms with E-state index in [1.807, 2.05) is 0 Å². The Morgan fingerprint density at radius 2 is 1.85 bits per heavy atom. The number of halogens is 3. The minimum absolute atomic E-state index is 0.302. The van der Waals surface area contributed by atoms with Crippen LogP contribution in [0.4, 0.5) is 0 Å². The van der Waals surface area contributed by atoms with E-state index < -0.39 is 0 Å². The van der Waals surface area contributed by atoms with Crippen molar-refractivity contribution in [3.8, 4) is 0 Å². The average Bonchev–Trinajstić information content (AvgIpc) is 2.10. The maximum absolute atomic E-state index is 5.91. The molecular formula is C8H9Cl3N2. The Morgan fingerprint density at radius 3 is 2.38 bits per heavy atom. The van der Waals surface area contributed by atoms with Crippen molar-refractivity contribution in [1.29, 1.82) is 0 Å². The summed E-state index contributed by atoms with van der Waals surface area (Å²) in [5.74, 6) is 0. The van der Waals surface area contributed by atoms with Gasteiger partial charge in [-0.25, -0.2) is 0 Å². The van der Waals surface area contributed by atoms with Crippen molar-refractivity contribution in [1.82, 2.24) is 0 Å². The molecule has 0 aliphatic carbocycles. The molecule has 1 aromatic rings. The molecule has 1 aromatic carbocycles. The van der Waals surface area contributed by atoms with E-state index in [1.54, 1.807) is 12.1 Å². The average molecular weight is 240 g/mol. The van der Waals surface area contributed by atoms with E-state index in [0.717, 1.165) is 0 Å². The van der Waals surface area contributed by atoms with E-state index in [4.69, 9.17) is 46.3 Å². The summed E-state index contributed by atoms with van der Waals surface area (Å²) in [6.07, 6.45) is 0. The van der Waals surface area contributed by atoms with Gasteiger partial charge in [-0.15, -0.1) is 0 Å². The molecule has 0 fully saturated rings. The van der Waals surface area contributed by atoms with E-state index in [0.29, 0.717) is 27.2 Å². The normalized spacial score (nSPS) is 13.0. The van der Waals surface area contributed by atoms with Crippen LogP contribution in [-0.2, 0) is 0 Å². The summed E-state index contributed by atoms with van der Waals surface area (Å²) in [7, 11) is 0. The van der Waals surface area contributed by atoms with Crippen LogP contribution in [0, 0.1) is 0 Å². The van der Waals surface area contributed by atoms with Gasteiger partial charge in [0.05, 0.1) is 10.0 Å². The molecule has 2 nitrogen and oxygen atoms in total. The summed E-state index contributed by atoms with van der Waals surface area (Å²) in [4.78, 5) is 0. The molecule has 4 N–H and O–H groups in total. The van der Waals surface area contributed by atoms with E-state index in [1.165, 1.54) is 0 Å². The van der Waals surface area contributed by atoms with E-state index in [2.05, 4.69) is 0 Å². The van der Waals surface area contributed by atoms with Gasteiger partial charge in [0.1, 0.15) is 0 Å². The van der Waals surface area contributed by atoms with Crippen molar-refractivity contribution in [2.75, 3.05) is 6.54 Å². The summed E-state index contributed by atoms with van der Waals surface area (Å²) in [6.45, 7) is 0.302. The van der Waals surface area contributed by atoms with Gasteiger partial charge in [0.25, 0.3) is 0 Å². The molecule has 1 unspecified atom stereocenters. The second kappa shape index (κ2) is 4.49. The van der Waals surface area contributed by atoms with Crippen LogP contribution in [-0.4, -0.2) is 6.54 Å². The highest BCUT2D eigenvalue weighted by Crippen LogP contribution is 2.32. The minimum atomic E-state index is -0.330. The fourth-order valence-corrected chi connectivity index (χ4v) is 1.73. The Morgan fingerprint density at radius 1 is 1.23 bits per heavy atom. The van der Waals surface area contributed by atoms with Gasteiger partial charge in [0.2, 0.25) is 0 Å². The highest BCUT2D eigenvalue weighted by atomic mass is 35.5. The Bertz CT molecular complexity index is 315. The second-order valence-corrected chi connectivity index (χ2v) is 3.85. The van der Waals surface area contributed by atoms with Gasteiger partial charge < -0.3 is 11.5 Å². The minimum Gasteiger partial charge on any atom is -0.329 e. The fraction of sp³-hybridized carbons (Fsp3) is 0.250. The molecule has 0 amide bonds. The van der Waals surface area contributed by atoms with Crippen LogP contribution in [0.2, 0.25) is 15.1 Å². The highest BCUT2D eigenvalue weighted by molar-refractivity contribution is 6.43. The number of rotatable bonds is 2. The molecule has 72 valence electrons. The summed E-state index contributed by atoms with van der Waals surface area (Å²) in [5, 5.41) is 1.32. The van der Waals surface area contributed by atoms with Gasteiger partial charge in [-0.2, -0.15) is 0 Å². The molecule has 0 aliphatic rings. The number of hydrogen-bond donors (Lipinski definition) is 2.